The van der Waals surface area contributed by atoms with Gasteiger partial charge < -0.3 is 9.64 Å². The molecule has 3 aliphatic rings. The number of fused-ring (bicyclic) bond motifs is 3. The Morgan fingerprint density at radius 3 is 2.69 bits per heavy atom. The first kappa shape index (κ1) is 18.7. The Morgan fingerprint density at radius 1 is 1.31 bits per heavy atom. The topological polar surface area (TPSA) is 142 Å². The lowest BCUT2D eigenvalue weighted by Crippen LogP contribution is -2.46. The van der Waals surface area contributed by atoms with Crippen LogP contribution in [0.15, 0.2) is 45.9 Å². The van der Waals surface area contributed by atoms with Gasteiger partial charge in [0.05, 0.1) is 47.4 Å². The molecular formula is C18H16N6O5. The maximum atomic E-state index is 12.7. The summed E-state index contributed by atoms with van der Waals surface area (Å²) in [6.07, 6.45) is 0. The number of rotatable bonds is 3. The van der Waals surface area contributed by atoms with Crippen LogP contribution in [0, 0.1) is 33.3 Å². The number of nitrogens with zero attached hydrogens (tertiary/aromatic N) is 6. The van der Waals surface area contributed by atoms with E-state index in [-0.39, 0.29) is 35.8 Å². The molecule has 0 radical (unpaired) electrons. The van der Waals surface area contributed by atoms with Gasteiger partial charge in [-0.15, -0.1) is 10.2 Å². The first-order valence-corrected chi connectivity index (χ1v) is 8.90. The minimum atomic E-state index is -0.787. The predicted molar refractivity (Wildman–Crippen MR) is 96.3 cm³/mol. The summed E-state index contributed by atoms with van der Waals surface area (Å²) in [6.45, 7) is 1.14. The smallest absolute Gasteiger partial charge is 0.269 e. The van der Waals surface area contributed by atoms with Gasteiger partial charge in [-0.3, -0.25) is 24.6 Å². The zero-order chi connectivity index (χ0) is 20.7. The third-order valence-corrected chi connectivity index (χ3v) is 5.43. The van der Waals surface area contributed by atoms with Gasteiger partial charge in [0, 0.05) is 25.7 Å². The van der Waals surface area contributed by atoms with Gasteiger partial charge in [0.2, 0.25) is 11.8 Å². The number of carbonyl (C=O) groups is 2. The maximum absolute atomic E-state index is 12.7. The highest BCUT2D eigenvalue weighted by Gasteiger charge is 2.60. The number of morpholine rings is 1. The second-order valence-corrected chi connectivity index (χ2v) is 6.89. The number of hydrogen-bond acceptors (Lipinski definition) is 9. The summed E-state index contributed by atoms with van der Waals surface area (Å²) in [5.74, 6) is -2.06. The maximum Gasteiger partial charge on any atom is 0.269 e. The van der Waals surface area contributed by atoms with Crippen molar-refractivity contribution >= 4 is 23.2 Å². The minimum Gasteiger partial charge on any atom is -0.377 e. The molecule has 0 bridgehead atoms. The molecule has 3 fully saturated rings. The fourth-order valence-electron chi connectivity index (χ4n) is 4.07. The van der Waals surface area contributed by atoms with Crippen LogP contribution in [0.25, 0.3) is 0 Å². The molecule has 3 atom stereocenters. The summed E-state index contributed by atoms with van der Waals surface area (Å²) in [5.41, 5.74) is 0.567. The Kier molecular flexibility index (Phi) is 4.56. The van der Waals surface area contributed by atoms with Crippen molar-refractivity contribution in [1.82, 2.24) is 9.80 Å². The van der Waals surface area contributed by atoms with Crippen LogP contribution in [0.2, 0.25) is 0 Å². The van der Waals surface area contributed by atoms with E-state index in [4.69, 9.17) is 4.74 Å². The number of azo groups is 1. The SMILES string of the molecule is CN1C(=O)[C@@H]2[C@H](C1=O)/C(=C(\C#N)N=Nc1ccc([N+](=O)[O-])cc1)N1CCOC[C@H]21. The fourth-order valence-corrected chi connectivity index (χ4v) is 4.07. The molecule has 11 nitrogen and oxygen atoms in total. The number of carbonyl (C=O) groups excluding carboxylic acids is 2. The third kappa shape index (κ3) is 2.94. The Morgan fingerprint density at radius 2 is 2.03 bits per heavy atom. The Bertz CT molecular complexity index is 995. The number of ether oxygens (including phenoxy) is 1. The van der Waals surface area contributed by atoms with Gasteiger partial charge in [0.25, 0.3) is 5.69 Å². The van der Waals surface area contributed by atoms with Gasteiger partial charge in [-0.05, 0) is 12.1 Å². The number of imide groups is 1. The molecule has 1 aromatic carbocycles. The molecule has 3 aliphatic heterocycles. The Balaban J connectivity index is 1.73. The average Bonchev–Trinajstić information content (AvgIpc) is 3.18. The molecule has 3 saturated heterocycles. The molecule has 29 heavy (non-hydrogen) atoms. The summed E-state index contributed by atoms with van der Waals surface area (Å²) in [5, 5.41) is 28.4. The second kappa shape index (κ2) is 7.06. The zero-order valence-corrected chi connectivity index (χ0v) is 15.4. The molecule has 148 valence electrons. The molecule has 0 N–H and O–H groups in total. The van der Waals surface area contributed by atoms with Crippen LogP contribution in [0.5, 0.6) is 0 Å². The normalized spacial score (nSPS) is 27.8. The van der Waals surface area contributed by atoms with Crippen molar-refractivity contribution < 1.29 is 19.2 Å². The van der Waals surface area contributed by atoms with Gasteiger partial charge in [-0.1, -0.05) is 0 Å². The van der Waals surface area contributed by atoms with Crippen LogP contribution >= 0.6 is 0 Å². The summed E-state index contributed by atoms with van der Waals surface area (Å²) in [4.78, 5) is 38.4. The van der Waals surface area contributed by atoms with Crippen molar-refractivity contribution in [2.24, 2.45) is 22.1 Å². The predicted octanol–water partition coefficient (Wildman–Crippen LogP) is 1.36. The highest BCUT2D eigenvalue weighted by molar-refractivity contribution is 6.07. The first-order valence-electron chi connectivity index (χ1n) is 8.90. The number of nitro groups is 1. The average molecular weight is 396 g/mol. The molecule has 0 aliphatic carbocycles. The number of allylic oxidation sites excluding steroid dienone is 1. The van der Waals surface area contributed by atoms with Crippen LogP contribution in [-0.4, -0.2) is 59.4 Å². The summed E-state index contributed by atoms with van der Waals surface area (Å²) in [6, 6.07) is 7.04. The van der Waals surface area contributed by atoms with Crippen molar-refractivity contribution in [3.05, 3.63) is 45.8 Å². The molecule has 2 amide bonds. The molecule has 0 saturated carbocycles. The van der Waals surface area contributed by atoms with E-state index in [1.165, 1.54) is 31.3 Å². The number of nitro benzene ring substituents is 1. The van der Waals surface area contributed by atoms with Crippen molar-refractivity contribution in [1.29, 1.82) is 5.26 Å². The highest BCUT2D eigenvalue weighted by Crippen LogP contribution is 2.46. The number of amides is 2. The summed E-state index contributed by atoms with van der Waals surface area (Å²) >= 11 is 0. The Hall–Kier alpha value is -3.65. The largest absolute Gasteiger partial charge is 0.377 e. The quantitative estimate of drug-likeness (QED) is 0.247. The van der Waals surface area contributed by atoms with Gasteiger partial charge in [-0.25, -0.2) is 0 Å². The van der Waals surface area contributed by atoms with E-state index >= 15 is 0 Å². The van der Waals surface area contributed by atoms with Crippen molar-refractivity contribution in [2.45, 2.75) is 6.04 Å². The zero-order valence-electron chi connectivity index (χ0n) is 15.4. The molecule has 0 unspecified atom stereocenters. The van der Waals surface area contributed by atoms with Crippen molar-refractivity contribution in [3.8, 4) is 6.07 Å². The monoisotopic (exact) mass is 396 g/mol. The fraction of sp³-hybridized carbons (Fsp3) is 0.389. The standard InChI is InChI=1S/C18H16N6O5/c1-22-17(25)14-13-9-29-7-6-23(13)16(15(14)18(22)26)12(8-19)21-20-10-2-4-11(5-3-10)24(27)28/h2-5,13-15H,6-7,9H2,1H3/b16-12-,21-20?/t13-,14+,15+/m1/s1. The third-order valence-electron chi connectivity index (χ3n) is 5.43. The van der Waals surface area contributed by atoms with E-state index in [0.717, 1.165) is 4.90 Å². The van der Waals surface area contributed by atoms with E-state index < -0.39 is 16.8 Å². The number of nitriles is 1. The first-order chi connectivity index (χ1) is 13.9. The van der Waals surface area contributed by atoms with Crippen LogP contribution in [0.4, 0.5) is 11.4 Å². The molecular weight excluding hydrogens is 380 g/mol. The van der Waals surface area contributed by atoms with Crippen LogP contribution in [0.3, 0.4) is 0 Å². The van der Waals surface area contributed by atoms with E-state index in [0.29, 0.717) is 24.5 Å². The summed E-state index contributed by atoms with van der Waals surface area (Å²) in [7, 11) is 1.43. The van der Waals surface area contributed by atoms with Crippen LogP contribution in [0.1, 0.15) is 0 Å². The number of likely N-dealkylation sites (tertiary alicyclic amines) is 1. The van der Waals surface area contributed by atoms with Crippen molar-refractivity contribution in [3.63, 3.8) is 0 Å². The molecule has 3 heterocycles. The minimum absolute atomic E-state index is 0.0563. The molecule has 0 spiro atoms. The molecule has 11 heteroatoms. The lowest BCUT2D eigenvalue weighted by atomic mass is 9.91. The van der Waals surface area contributed by atoms with Gasteiger partial charge in [0.1, 0.15) is 6.07 Å². The van der Waals surface area contributed by atoms with Crippen LogP contribution < -0.4 is 0 Å². The van der Waals surface area contributed by atoms with E-state index in [2.05, 4.69) is 10.2 Å². The Labute approximate surface area is 165 Å². The van der Waals surface area contributed by atoms with Gasteiger partial charge >= 0.3 is 0 Å². The summed E-state index contributed by atoms with van der Waals surface area (Å²) < 4.78 is 5.49. The number of benzene rings is 1. The van der Waals surface area contributed by atoms with Crippen molar-refractivity contribution in [2.75, 3.05) is 26.8 Å². The van der Waals surface area contributed by atoms with Gasteiger partial charge in [-0.2, -0.15) is 5.26 Å². The van der Waals surface area contributed by atoms with Crippen LogP contribution in [-0.2, 0) is 14.3 Å². The molecule has 4 rings (SSSR count). The van der Waals surface area contributed by atoms with Gasteiger partial charge in [0.15, 0.2) is 5.70 Å². The van der Waals surface area contributed by atoms with E-state index in [1.807, 2.05) is 11.0 Å². The highest BCUT2D eigenvalue weighted by atomic mass is 16.6. The lowest BCUT2D eigenvalue weighted by Gasteiger charge is -2.34. The number of non-ortho nitro benzene ring substituents is 1. The van der Waals surface area contributed by atoms with E-state index in [1.54, 1.807) is 0 Å². The number of hydrogen-bond donors (Lipinski definition) is 0. The van der Waals surface area contributed by atoms with E-state index in [9.17, 15) is 25.0 Å². The lowest BCUT2D eigenvalue weighted by molar-refractivity contribution is -0.384. The molecule has 1 aromatic rings. The second-order valence-electron chi connectivity index (χ2n) is 6.89. The molecule has 0 aromatic heterocycles.